The minimum atomic E-state index is -1.42. The molecule has 0 aliphatic rings. The van der Waals surface area contributed by atoms with Crippen LogP contribution >= 0.6 is 0 Å². The van der Waals surface area contributed by atoms with Gasteiger partial charge >= 0.3 is 7.12 Å². The van der Waals surface area contributed by atoms with E-state index in [4.69, 9.17) is 14.8 Å². The summed E-state index contributed by atoms with van der Waals surface area (Å²) in [5, 5.41) is 18.3. The van der Waals surface area contributed by atoms with Crippen LogP contribution < -0.4 is 10.2 Å². The maximum absolute atomic E-state index is 9.13. The first-order valence-corrected chi connectivity index (χ1v) is 4.60. The van der Waals surface area contributed by atoms with Gasteiger partial charge in [-0.15, -0.1) is 0 Å². The van der Waals surface area contributed by atoms with Crippen molar-refractivity contribution in [3.8, 4) is 5.75 Å². The standard InChI is InChI=1S/C10H15BO3/c1-7(2)9-6-8(14-3)4-5-10(9)11(12)13/h4-7,12-13H,1-3H3. The van der Waals surface area contributed by atoms with Gasteiger partial charge in [-0.1, -0.05) is 19.9 Å². The van der Waals surface area contributed by atoms with E-state index in [0.717, 1.165) is 11.3 Å². The number of hydrogen-bond donors (Lipinski definition) is 2. The summed E-state index contributed by atoms with van der Waals surface area (Å²) >= 11 is 0. The van der Waals surface area contributed by atoms with Crippen molar-refractivity contribution in [2.24, 2.45) is 0 Å². The molecule has 0 unspecified atom stereocenters. The van der Waals surface area contributed by atoms with Crippen molar-refractivity contribution in [1.29, 1.82) is 0 Å². The van der Waals surface area contributed by atoms with Crippen LogP contribution in [0.25, 0.3) is 0 Å². The van der Waals surface area contributed by atoms with Gasteiger partial charge in [0.05, 0.1) is 7.11 Å². The van der Waals surface area contributed by atoms with E-state index in [1.54, 1.807) is 19.2 Å². The third-order valence-corrected chi connectivity index (χ3v) is 2.19. The second-order valence-corrected chi connectivity index (χ2v) is 3.52. The molecule has 1 rings (SSSR count). The largest absolute Gasteiger partial charge is 0.497 e. The van der Waals surface area contributed by atoms with Gasteiger partial charge in [0, 0.05) is 0 Å². The zero-order chi connectivity index (χ0) is 10.7. The molecule has 0 atom stereocenters. The lowest BCUT2D eigenvalue weighted by Gasteiger charge is -2.13. The number of hydrogen-bond acceptors (Lipinski definition) is 3. The van der Waals surface area contributed by atoms with Crippen LogP contribution in [0.5, 0.6) is 5.75 Å². The highest BCUT2D eigenvalue weighted by atomic mass is 16.5. The van der Waals surface area contributed by atoms with Crippen LogP contribution in [0.2, 0.25) is 0 Å². The van der Waals surface area contributed by atoms with E-state index < -0.39 is 7.12 Å². The van der Waals surface area contributed by atoms with Gasteiger partial charge in [-0.25, -0.2) is 0 Å². The van der Waals surface area contributed by atoms with Crippen LogP contribution in [0.3, 0.4) is 0 Å². The summed E-state index contributed by atoms with van der Waals surface area (Å²) in [5.41, 5.74) is 1.44. The van der Waals surface area contributed by atoms with Gasteiger partial charge in [-0.3, -0.25) is 0 Å². The van der Waals surface area contributed by atoms with Gasteiger partial charge in [0.25, 0.3) is 0 Å². The summed E-state index contributed by atoms with van der Waals surface area (Å²) in [6.45, 7) is 4.00. The zero-order valence-electron chi connectivity index (χ0n) is 8.69. The molecule has 1 aromatic rings. The number of methoxy groups -OCH3 is 1. The molecule has 2 N–H and O–H groups in total. The first-order chi connectivity index (χ1) is 6.56. The highest BCUT2D eigenvalue weighted by Gasteiger charge is 2.18. The molecule has 0 aliphatic heterocycles. The van der Waals surface area contributed by atoms with Crippen molar-refractivity contribution >= 4 is 12.6 Å². The van der Waals surface area contributed by atoms with Crippen LogP contribution in [-0.4, -0.2) is 24.3 Å². The van der Waals surface area contributed by atoms with Crippen LogP contribution in [0, 0.1) is 0 Å². The quantitative estimate of drug-likeness (QED) is 0.688. The Labute approximate surface area is 84.5 Å². The summed E-state index contributed by atoms with van der Waals surface area (Å²) in [4.78, 5) is 0. The summed E-state index contributed by atoms with van der Waals surface area (Å²) in [5.74, 6) is 0.972. The van der Waals surface area contributed by atoms with Gasteiger partial charge in [0.1, 0.15) is 5.75 Å². The monoisotopic (exact) mass is 194 g/mol. The molecule has 4 heteroatoms. The molecular weight excluding hydrogens is 179 g/mol. The molecule has 0 amide bonds. The molecule has 0 saturated heterocycles. The van der Waals surface area contributed by atoms with E-state index >= 15 is 0 Å². The lowest BCUT2D eigenvalue weighted by atomic mass is 9.74. The predicted molar refractivity (Wildman–Crippen MR) is 56.9 cm³/mol. The van der Waals surface area contributed by atoms with Crippen LogP contribution in [0.1, 0.15) is 25.3 Å². The summed E-state index contributed by atoms with van der Waals surface area (Å²) in [6, 6.07) is 5.24. The van der Waals surface area contributed by atoms with E-state index in [-0.39, 0.29) is 5.92 Å². The zero-order valence-corrected chi connectivity index (χ0v) is 8.69. The fourth-order valence-corrected chi connectivity index (χ4v) is 1.41. The molecular formula is C10H15BO3. The minimum Gasteiger partial charge on any atom is -0.497 e. The molecule has 0 spiro atoms. The molecule has 0 bridgehead atoms. The number of ether oxygens (including phenoxy) is 1. The van der Waals surface area contributed by atoms with E-state index in [0.29, 0.717) is 5.46 Å². The Morgan fingerprint density at radius 3 is 2.36 bits per heavy atom. The average molecular weight is 194 g/mol. The molecule has 76 valence electrons. The van der Waals surface area contributed by atoms with Gasteiger partial charge in [0.15, 0.2) is 0 Å². The third kappa shape index (κ3) is 2.27. The molecule has 0 fully saturated rings. The molecule has 0 aromatic heterocycles. The van der Waals surface area contributed by atoms with E-state index in [1.807, 2.05) is 19.9 Å². The van der Waals surface area contributed by atoms with Gasteiger partial charge in [-0.2, -0.15) is 0 Å². The van der Waals surface area contributed by atoms with Crippen molar-refractivity contribution in [2.75, 3.05) is 7.11 Å². The van der Waals surface area contributed by atoms with Crippen molar-refractivity contribution in [1.82, 2.24) is 0 Å². The topological polar surface area (TPSA) is 49.7 Å². The maximum atomic E-state index is 9.13. The maximum Gasteiger partial charge on any atom is 0.488 e. The second kappa shape index (κ2) is 4.48. The number of rotatable bonds is 3. The lowest BCUT2D eigenvalue weighted by molar-refractivity contribution is 0.413. The molecule has 0 saturated carbocycles. The summed E-state index contributed by atoms with van der Waals surface area (Å²) < 4.78 is 5.08. The molecule has 0 radical (unpaired) electrons. The predicted octanol–water partition coefficient (Wildman–Crippen LogP) is 0.498. The normalized spacial score (nSPS) is 10.4. The molecule has 0 heterocycles. The Hall–Kier alpha value is -0.995. The molecule has 1 aromatic carbocycles. The summed E-state index contributed by atoms with van der Waals surface area (Å²) in [7, 11) is 0.174. The van der Waals surface area contributed by atoms with Crippen LogP contribution in [-0.2, 0) is 0 Å². The van der Waals surface area contributed by atoms with Crippen molar-refractivity contribution in [3.05, 3.63) is 23.8 Å². The van der Waals surface area contributed by atoms with E-state index in [2.05, 4.69) is 0 Å². The molecule has 14 heavy (non-hydrogen) atoms. The van der Waals surface area contributed by atoms with E-state index in [1.165, 1.54) is 0 Å². The first-order valence-electron chi connectivity index (χ1n) is 4.60. The highest BCUT2D eigenvalue weighted by molar-refractivity contribution is 6.59. The smallest absolute Gasteiger partial charge is 0.488 e. The van der Waals surface area contributed by atoms with Crippen LogP contribution in [0.4, 0.5) is 0 Å². The van der Waals surface area contributed by atoms with Gasteiger partial charge < -0.3 is 14.8 Å². The Morgan fingerprint density at radius 1 is 1.29 bits per heavy atom. The fourth-order valence-electron chi connectivity index (χ4n) is 1.41. The molecule has 3 nitrogen and oxygen atoms in total. The SMILES string of the molecule is COc1ccc(B(O)O)c(C(C)C)c1. The van der Waals surface area contributed by atoms with Gasteiger partial charge in [0.2, 0.25) is 0 Å². The second-order valence-electron chi connectivity index (χ2n) is 3.52. The Bertz CT molecular complexity index is 310. The van der Waals surface area contributed by atoms with Crippen molar-refractivity contribution in [2.45, 2.75) is 19.8 Å². The number of benzene rings is 1. The van der Waals surface area contributed by atoms with Crippen LogP contribution in [0.15, 0.2) is 18.2 Å². The first kappa shape index (κ1) is 11.1. The van der Waals surface area contributed by atoms with Gasteiger partial charge in [-0.05, 0) is 29.1 Å². The Morgan fingerprint density at radius 2 is 1.93 bits per heavy atom. The van der Waals surface area contributed by atoms with Crippen molar-refractivity contribution < 1.29 is 14.8 Å². The van der Waals surface area contributed by atoms with Crippen molar-refractivity contribution in [3.63, 3.8) is 0 Å². The third-order valence-electron chi connectivity index (χ3n) is 2.19. The highest BCUT2D eigenvalue weighted by Crippen LogP contribution is 2.18. The molecule has 0 aliphatic carbocycles. The summed E-state index contributed by atoms with van der Waals surface area (Å²) in [6.07, 6.45) is 0. The Balaban J connectivity index is 3.17. The minimum absolute atomic E-state index is 0.238. The fraction of sp³-hybridized carbons (Fsp3) is 0.400. The van der Waals surface area contributed by atoms with E-state index in [9.17, 15) is 0 Å². The lowest BCUT2D eigenvalue weighted by Crippen LogP contribution is -2.33. The Kier molecular flexibility index (Phi) is 3.55. The average Bonchev–Trinajstić information content (AvgIpc) is 2.16.